The van der Waals surface area contributed by atoms with E-state index in [-0.39, 0.29) is 48.4 Å². The molecule has 2 aliphatic heterocycles. The van der Waals surface area contributed by atoms with E-state index in [1.165, 1.54) is 12.8 Å². The van der Waals surface area contributed by atoms with Gasteiger partial charge in [-0.15, -0.1) is 24.0 Å². The standard InChI is InChI=1S/C19H33N5O2.HI/c1-2-20-19(21-13-17(25)23-10-5-6-11-23)22-16-9-12-24(14-16)18(26)15-7-3-4-8-15;/h15-16H,2-14H2,1H3,(H2,20,21,22);1H. The van der Waals surface area contributed by atoms with Crippen LogP contribution in [0.2, 0.25) is 0 Å². The summed E-state index contributed by atoms with van der Waals surface area (Å²) in [5.74, 6) is 1.36. The Labute approximate surface area is 179 Å². The number of hydrogen-bond donors (Lipinski definition) is 2. The number of guanidine groups is 1. The molecule has 0 aromatic carbocycles. The van der Waals surface area contributed by atoms with E-state index in [9.17, 15) is 9.59 Å². The maximum atomic E-state index is 12.6. The van der Waals surface area contributed by atoms with Gasteiger partial charge in [0, 0.05) is 44.7 Å². The molecule has 3 rings (SSSR count). The third-order valence-corrected chi connectivity index (χ3v) is 5.72. The van der Waals surface area contributed by atoms with E-state index in [0.29, 0.717) is 11.9 Å². The van der Waals surface area contributed by atoms with Crippen molar-refractivity contribution in [3.8, 4) is 0 Å². The fourth-order valence-corrected chi connectivity index (χ4v) is 4.24. The van der Waals surface area contributed by atoms with E-state index >= 15 is 0 Å². The highest BCUT2D eigenvalue weighted by atomic mass is 127. The molecule has 0 aromatic rings. The molecule has 1 atom stereocenters. The Balaban J connectivity index is 0.00000261. The molecule has 1 unspecified atom stereocenters. The highest BCUT2D eigenvalue weighted by molar-refractivity contribution is 14.0. The number of halogens is 1. The molecule has 0 bridgehead atoms. The molecular formula is C19H34IN5O2. The number of rotatable bonds is 5. The first-order chi connectivity index (χ1) is 12.7. The number of carbonyl (C=O) groups excluding carboxylic acids is 2. The predicted molar refractivity (Wildman–Crippen MR) is 117 cm³/mol. The normalized spacial score (nSPS) is 23.4. The van der Waals surface area contributed by atoms with Crippen LogP contribution in [0.5, 0.6) is 0 Å². The maximum Gasteiger partial charge on any atom is 0.244 e. The second-order valence-corrected chi connectivity index (χ2v) is 7.68. The molecule has 0 aromatic heterocycles. The summed E-state index contributed by atoms with van der Waals surface area (Å²) in [6, 6.07) is 0.208. The average molecular weight is 491 g/mol. The zero-order valence-corrected chi connectivity index (χ0v) is 18.7. The number of aliphatic imine (C=N–C) groups is 1. The lowest BCUT2D eigenvalue weighted by molar-refractivity contribution is -0.134. The molecule has 2 amide bonds. The van der Waals surface area contributed by atoms with Crippen molar-refractivity contribution in [2.24, 2.45) is 10.9 Å². The molecule has 2 heterocycles. The summed E-state index contributed by atoms with van der Waals surface area (Å²) >= 11 is 0. The molecule has 3 fully saturated rings. The fourth-order valence-electron chi connectivity index (χ4n) is 4.24. The van der Waals surface area contributed by atoms with Gasteiger partial charge in [0.25, 0.3) is 0 Å². The largest absolute Gasteiger partial charge is 0.357 e. The number of likely N-dealkylation sites (tertiary alicyclic amines) is 2. The van der Waals surface area contributed by atoms with Gasteiger partial charge in [-0.2, -0.15) is 0 Å². The first-order valence-electron chi connectivity index (χ1n) is 10.3. The van der Waals surface area contributed by atoms with E-state index in [4.69, 9.17) is 0 Å². The van der Waals surface area contributed by atoms with Crippen LogP contribution in [0.15, 0.2) is 4.99 Å². The first kappa shape index (κ1) is 22.2. The topological polar surface area (TPSA) is 77.0 Å². The van der Waals surface area contributed by atoms with Gasteiger partial charge in [0.1, 0.15) is 6.54 Å². The Bertz CT molecular complexity index is 530. The van der Waals surface area contributed by atoms with Crippen molar-refractivity contribution in [1.82, 2.24) is 20.4 Å². The Morgan fingerprint density at radius 2 is 1.70 bits per heavy atom. The zero-order chi connectivity index (χ0) is 18.4. The Morgan fingerprint density at radius 3 is 2.37 bits per heavy atom. The summed E-state index contributed by atoms with van der Waals surface area (Å²) in [6.45, 7) is 6.23. The Hall–Kier alpha value is -1.06. The van der Waals surface area contributed by atoms with Gasteiger partial charge in [0.15, 0.2) is 5.96 Å². The minimum Gasteiger partial charge on any atom is -0.357 e. The van der Waals surface area contributed by atoms with Crippen LogP contribution in [-0.4, -0.2) is 72.9 Å². The van der Waals surface area contributed by atoms with Crippen molar-refractivity contribution in [3.63, 3.8) is 0 Å². The molecule has 2 N–H and O–H groups in total. The zero-order valence-electron chi connectivity index (χ0n) is 16.4. The second kappa shape index (κ2) is 11.1. The molecule has 0 spiro atoms. The van der Waals surface area contributed by atoms with Gasteiger partial charge >= 0.3 is 0 Å². The molecule has 0 radical (unpaired) electrons. The smallest absolute Gasteiger partial charge is 0.244 e. The number of nitrogens with one attached hydrogen (secondary N) is 2. The molecule has 1 saturated carbocycles. The van der Waals surface area contributed by atoms with E-state index in [1.54, 1.807) is 0 Å². The van der Waals surface area contributed by atoms with Gasteiger partial charge in [-0.3, -0.25) is 9.59 Å². The lowest BCUT2D eigenvalue weighted by Crippen LogP contribution is -2.46. The van der Waals surface area contributed by atoms with Crippen LogP contribution in [0.3, 0.4) is 0 Å². The quantitative estimate of drug-likeness (QED) is 0.348. The van der Waals surface area contributed by atoms with Crippen molar-refractivity contribution < 1.29 is 9.59 Å². The van der Waals surface area contributed by atoms with Crippen LogP contribution in [-0.2, 0) is 9.59 Å². The number of carbonyl (C=O) groups is 2. The predicted octanol–water partition coefficient (Wildman–Crippen LogP) is 1.57. The van der Waals surface area contributed by atoms with Crippen LogP contribution in [0.4, 0.5) is 0 Å². The third-order valence-electron chi connectivity index (χ3n) is 5.72. The van der Waals surface area contributed by atoms with Crippen LogP contribution >= 0.6 is 24.0 Å². The molecule has 3 aliphatic rings. The van der Waals surface area contributed by atoms with Crippen molar-refractivity contribution in [3.05, 3.63) is 0 Å². The van der Waals surface area contributed by atoms with Crippen LogP contribution in [0.1, 0.15) is 51.9 Å². The van der Waals surface area contributed by atoms with Crippen LogP contribution in [0, 0.1) is 5.92 Å². The average Bonchev–Trinajstić information content (AvgIpc) is 3.41. The summed E-state index contributed by atoms with van der Waals surface area (Å²) in [7, 11) is 0. The molecule has 1 aliphatic carbocycles. The van der Waals surface area contributed by atoms with Crippen molar-refractivity contribution in [1.29, 1.82) is 0 Å². The van der Waals surface area contributed by atoms with E-state index in [1.807, 2.05) is 16.7 Å². The van der Waals surface area contributed by atoms with E-state index in [2.05, 4.69) is 15.6 Å². The van der Waals surface area contributed by atoms with Crippen molar-refractivity contribution >= 4 is 41.8 Å². The summed E-state index contributed by atoms with van der Waals surface area (Å²) in [6.07, 6.45) is 7.61. The highest BCUT2D eigenvalue weighted by Crippen LogP contribution is 2.27. The van der Waals surface area contributed by atoms with Gasteiger partial charge in [-0.05, 0) is 39.0 Å². The molecule has 154 valence electrons. The molecule has 27 heavy (non-hydrogen) atoms. The molecule has 7 nitrogen and oxygen atoms in total. The van der Waals surface area contributed by atoms with Gasteiger partial charge in [-0.1, -0.05) is 12.8 Å². The SMILES string of the molecule is CCNC(=NCC(=O)N1CCCC1)NC1CCN(C(=O)C2CCCC2)C1.I. The lowest BCUT2D eigenvalue weighted by atomic mass is 10.1. The van der Waals surface area contributed by atoms with Gasteiger partial charge < -0.3 is 20.4 Å². The third kappa shape index (κ3) is 6.22. The van der Waals surface area contributed by atoms with Crippen molar-refractivity contribution in [2.75, 3.05) is 39.3 Å². The van der Waals surface area contributed by atoms with Crippen molar-refractivity contribution in [2.45, 2.75) is 57.9 Å². The molecule has 8 heteroatoms. The molecule has 2 saturated heterocycles. The second-order valence-electron chi connectivity index (χ2n) is 7.68. The number of amides is 2. The summed E-state index contributed by atoms with van der Waals surface area (Å²) in [5, 5.41) is 6.63. The number of nitrogens with zero attached hydrogens (tertiary/aromatic N) is 3. The Kier molecular flexibility index (Phi) is 9.11. The minimum absolute atomic E-state index is 0. The summed E-state index contributed by atoms with van der Waals surface area (Å²) in [4.78, 5) is 33.1. The summed E-state index contributed by atoms with van der Waals surface area (Å²) in [5.41, 5.74) is 0. The van der Waals surface area contributed by atoms with E-state index < -0.39 is 0 Å². The van der Waals surface area contributed by atoms with Gasteiger partial charge in [0.2, 0.25) is 11.8 Å². The lowest BCUT2D eigenvalue weighted by Gasteiger charge is -2.21. The van der Waals surface area contributed by atoms with E-state index in [0.717, 1.165) is 64.8 Å². The number of hydrogen-bond acceptors (Lipinski definition) is 3. The fraction of sp³-hybridized carbons (Fsp3) is 0.842. The first-order valence-corrected chi connectivity index (χ1v) is 10.3. The minimum atomic E-state index is 0. The monoisotopic (exact) mass is 491 g/mol. The summed E-state index contributed by atoms with van der Waals surface area (Å²) < 4.78 is 0. The maximum absolute atomic E-state index is 12.6. The molecular weight excluding hydrogens is 457 g/mol. The van der Waals surface area contributed by atoms with Crippen LogP contribution < -0.4 is 10.6 Å². The Morgan fingerprint density at radius 1 is 1.00 bits per heavy atom. The van der Waals surface area contributed by atoms with Gasteiger partial charge in [-0.25, -0.2) is 4.99 Å². The van der Waals surface area contributed by atoms with Crippen LogP contribution in [0.25, 0.3) is 0 Å². The highest BCUT2D eigenvalue weighted by Gasteiger charge is 2.32. The van der Waals surface area contributed by atoms with Gasteiger partial charge in [0.05, 0.1) is 0 Å².